The molecule has 0 radical (unpaired) electrons. The molecule has 0 saturated carbocycles. The van der Waals surface area contributed by atoms with E-state index in [2.05, 4.69) is 0 Å². The first-order valence-electron chi connectivity index (χ1n) is 1.37. The Morgan fingerprint density at radius 1 is 0.917 bits per heavy atom. The number of hydrogen-bond acceptors (Lipinski definition) is 3. The topological polar surface area (TPSA) is 63.2 Å². The van der Waals surface area contributed by atoms with Crippen molar-refractivity contribution in [2.24, 2.45) is 0 Å². The van der Waals surface area contributed by atoms with E-state index in [1.165, 1.54) is 0 Å². The molecule has 0 rings (SSSR count). The van der Waals surface area contributed by atoms with Crippen molar-refractivity contribution in [3.63, 3.8) is 0 Å². The normalized spacial score (nSPS) is 15.5. The van der Waals surface area contributed by atoms with E-state index in [4.69, 9.17) is 73.2 Å². The molecule has 78 valence electrons. The van der Waals surface area contributed by atoms with Gasteiger partial charge in [0.25, 0.3) is 0 Å². The fourth-order valence-electron chi connectivity index (χ4n) is 0. The van der Waals surface area contributed by atoms with Crippen LogP contribution in [-0.4, -0.2) is 6.16 Å². The summed E-state index contributed by atoms with van der Waals surface area (Å²) in [7, 11) is 30.2. The van der Waals surface area contributed by atoms with Crippen molar-refractivity contribution < 1.29 is 51.0 Å². The summed E-state index contributed by atoms with van der Waals surface area (Å²) >= 11 is 0. The molecular formula is CCl6NaO3Rh-4. The Labute approximate surface area is 113 Å². The molecular weight excluding hydrogens is 399 g/mol. The van der Waals surface area contributed by atoms with Gasteiger partial charge in [0.15, 0.2) is 0 Å². The van der Waals surface area contributed by atoms with Gasteiger partial charge in [-0.2, -0.15) is 0 Å². The Morgan fingerprint density at radius 3 is 0.917 bits per heavy atom. The quantitative estimate of drug-likeness (QED) is 0.476. The molecule has 0 amide bonds. The molecule has 0 bridgehead atoms. The predicted octanol–water partition coefficient (Wildman–Crippen LogP) is -1.31. The zero-order chi connectivity index (χ0) is 9.99. The summed E-state index contributed by atoms with van der Waals surface area (Å²) in [6.07, 6.45) is -2.33. The summed E-state index contributed by atoms with van der Waals surface area (Å²) in [6, 6.07) is 0. The standard InChI is InChI=1S/CH2O3.6ClH.Na.Rh/c2-1(3)4;;;;;;;;/h(H2,2,3,4);6*1H;;/q;;;;;;;+1;+3/p-8. The van der Waals surface area contributed by atoms with Crippen LogP contribution in [-0.2, 0) is 6.48 Å². The minimum absolute atomic E-state index is 0. The Kier molecular flexibility index (Phi) is 8.56. The number of carbonyl (C=O) groups is 1. The first kappa shape index (κ1) is 20.1. The van der Waals surface area contributed by atoms with E-state index < -0.39 is 12.6 Å². The van der Waals surface area contributed by atoms with Crippen molar-refractivity contribution in [1.82, 2.24) is 0 Å². The van der Waals surface area contributed by atoms with E-state index in [1.54, 1.807) is 0 Å². The Morgan fingerprint density at radius 2 is 0.917 bits per heavy atom. The molecule has 0 saturated heterocycles. The molecule has 0 aromatic carbocycles. The maximum Gasteiger partial charge on any atom is 1.00 e. The van der Waals surface area contributed by atoms with Gasteiger partial charge in [0.05, 0.1) is 0 Å². The average Bonchev–Trinajstić information content (AvgIpc) is 1.11. The third-order valence-electron chi connectivity index (χ3n) is 0. The van der Waals surface area contributed by atoms with E-state index in [9.17, 15) is 0 Å². The third-order valence-corrected chi connectivity index (χ3v) is 0. The van der Waals surface area contributed by atoms with Gasteiger partial charge in [-0.3, -0.25) is 0 Å². The Balaban J connectivity index is -0.000000142. The Bertz CT molecular complexity index is 141. The molecule has 11 heteroatoms. The number of carbonyl (C=O) groups excluding carboxylic acids is 1. The molecule has 0 spiro atoms. The summed E-state index contributed by atoms with van der Waals surface area (Å²) in [6.45, 7) is -5.15. The van der Waals surface area contributed by atoms with Gasteiger partial charge in [-0.25, -0.2) is 0 Å². The predicted molar refractivity (Wildman–Crippen MR) is 40.5 cm³/mol. The fourth-order valence-corrected chi connectivity index (χ4v) is 0. The van der Waals surface area contributed by atoms with Gasteiger partial charge in [-0.1, -0.05) is 0 Å². The molecule has 0 aromatic heterocycles. The van der Waals surface area contributed by atoms with E-state index >= 15 is 0 Å². The van der Waals surface area contributed by atoms with Gasteiger partial charge in [-0.15, -0.1) is 0 Å². The van der Waals surface area contributed by atoms with Crippen molar-refractivity contribution in [2.45, 2.75) is 0 Å². The minimum atomic E-state index is -5.15. The van der Waals surface area contributed by atoms with Gasteiger partial charge in [-0.05, 0) is 6.16 Å². The Hall–Kier alpha value is 2.63. The third kappa shape index (κ3) is 247. The van der Waals surface area contributed by atoms with Crippen molar-refractivity contribution in [1.29, 1.82) is 0 Å². The van der Waals surface area contributed by atoms with Crippen LogP contribution in [0.25, 0.3) is 0 Å². The summed E-state index contributed by atoms with van der Waals surface area (Å²) in [4.78, 5) is 8.33. The van der Waals surface area contributed by atoms with Gasteiger partial charge < -0.3 is 15.0 Å². The monoisotopic (exact) mass is 396 g/mol. The van der Waals surface area contributed by atoms with Crippen LogP contribution in [0.2, 0.25) is 0 Å². The summed E-state index contributed by atoms with van der Waals surface area (Å²) in [5, 5.41) is 16.7. The van der Waals surface area contributed by atoms with Gasteiger partial charge in [0.1, 0.15) is 0 Å². The van der Waals surface area contributed by atoms with Crippen molar-refractivity contribution in [2.75, 3.05) is 0 Å². The second kappa shape index (κ2) is 5.11. The van der Waals surface area contributed by atoms with E-state index in [0.717, 1.165) is 0 Å². The molecule has 0 atom stereocenters. The number of hydrogen-bond donors (Lipinski definition) is 0. The maximum absolute atomic E-state index is 8.33. The number of carboxylic acid groups (broad SMARTS) is 2. The van der Waals surface area contributed by atoms with E-state index in [-0.39, 0.29) is 29.6 Å². The SMILES string of the molecule is O=C([O-])[O-].[Cl][Rh-3]([Cl])([Cl])([Cl])([Cl])[Cl].[Na+]. The number of halogens is 6. The van der Waals surface area contributed by atoms with Crippen LogP contribution in [0, 0.1) is 0 Å². The zero-order valence-electron chi connectivity index (χ0n) is 5.33. The van der Waals surface area contributed by atoms with Crippen LogP contribution in [0.4, 0.5) is 4.79 Å². The smallest absolute Gasteiger partial charge is 1.00 e. The molecule has 12 heavy (non-hydrogen) atoms. The average molecular weight is 399 g/mol. The summed E-state index contributed by atoms with van der Waals surface area (Å²) in [5.41, 5.74) is 0. The van der Waals surface area contributed by atoms with E-state index in [0.29, 0.717) is 0 Å². The molecule has 0 N–H and O–H groups in total. The minimum Gasteiger partial charge on any atom is 1.00 e. The first-order valence-corrected chi connectivity index (χ1v) is 14.0. The molecule has 0 heterocycles. The van der Waals surface area contributed by atoms with Crippen LogP contribution in [0.5, 0.6) is 0 Å². The first-order chi connectivity index (χ1) is 4.18. The van der Waals surface area contributed by atoms with Crippen molar-refractivity contribution in [3.8, 4) is 0 Å². The van der Waals surface area contributed by atoms with Gasteiger partial charge in [0, 0.05) is 0 Å². The molecule has 0 aliphatic heterocycles. The van der Waals surface area contributed by atoms with Gasteiger partial charge in [0.2, 0.25) is 0 Å². The molecule has 0 aromatic rings. The molecule has 0 unspecified atom stereocenters. The summed E-state index contributed by atoms with van der Waals surface area (Å²) in [5.74, 6) is 0. The van der Waals surface area contributed by atoms with Crippen LogP contribution in [0.3, 0.4) is 0 Å². The van der Waals surface area contributed by atoms with Gasteiger partial charge >= 0.3 is 94.2 Å². The maximum atomic E-state index is 8.33. The molecule has 0 fully saturated rings. The second-order valence-corrected chi connectivity index (χ2v) is 38.3. The van der Waals surface area contributed by atoms with Crippen molar-refractivity contribution in [3.05, 3.63) is 0 Å². The zero-order valence-corrected chi connectivity index (χ0v) is 13.5. The second-order valence-electron chi connectivity index (χ2n) is 0.964. The largest absolute Gasteiger partial charge is 1.00 e. The fraction of sp³-hybridized carbons (Fsp3) is 0. The summed E-state index contributed by atoms with van der Waals surface area (Å²) < 4.78 is 0. The number of rotatable bonds is 0. The van der Waals surface area contributed by atoms with Crippen LogP contribution in [0.1, 0.15) is 0 Å². The van der Waals surface area contributed by atoms with Crippen LogP contribution < -0.4 is 39.8 Å². The molecule has 0 aliphatic rings. The van der Waals surface area contributed by atoms with Crippen LogP contribution in [0.15, 0.2) is 0 Å². The molecule has 0 aliphatic carbocycles. The van der Waals surface area contributed by atoms with Crippen LogP contribution >= 0.6 is 58.1 Å². The van der Waals surface area contributed by atoms with Crippen molar-refractivity contribution >= 4 is 64.3 Å². The van der Waals surface area contributed by atoms with E-state index in [1.807, 2.05) is 0 Å². The molecule has 3 nitrogen and oxygen atoms in total.